The van der Waals surface area contributed by atoms with Crippen molar-refractivity contribution in [2.45, 2.75) is 19.1 Å². The van der Waals surface area contributed by atoms with E-state index in [0.717, 1.165) is 17.7 Å². The van der Waals surface area contributed by atoms with Crippen molar-refractivity contribution in [2.75, 3.05) is 36.9 Å². The molecule has 174 valence electrons. The fraction of sp³-hybridized carbons (Fsp3) is 0.318. The quantitative estimate of drug-likeness (QED) is 0.696. The van der Waals surface area contributed by atoms with E-state index in [1.165, 1.54) is 22.9 Å². The van der Waals surface area contributed by atoms with Crippen molar-refractivity contribution < 1.29 is 22.8 Å². The number of anilines is 2. The molecule has 3 amide bonds. The zero-order valence-corrected chi connectivity index (χ0v) is 18.6. The zero-order valence-electron chi connectivity index (χ0n) is 17.8. The number of hydrogen-bond donors (Lipinski definition) is 2. The largest absolute Gasteiger partial charge is 0.417 e. The Bertz CT molecular complexity index is 1120. The smallest absolute Gasteiger partial charge is 0.357 e. The van der Waals surface area contributed by atoms with E-state index >= 15 is 0 Å². The molecule has 2 aromatic carbocycles. The van der Waals surface area contributed by atoms with Crippen LogP contribution in [0.2, 0.25) is 5.02 Å². The van der Waals surface area contributed by atoms with Crippen LogP contribution in [0, 0.1) is 18.3 Å². The number of carbonyl (C=O) groups is 2. The van der Waals surface area contributed by atoms with Crippen molar-refractivity contribution in [1.29, 1.82) is 5.26 Å². The number of aryl methyl sites for hydroxylation is 1. The first-order valence-electron chi connectivity index (χ1n) is 9.96. The van der Waals surface area contributed by atoms with Gasteiger partial charge in [-0.2, -0.15) is 18.4 Å². The van der Waals surface area contributed by atoms with E-state index in [2.05, 4.69) is 10.6 Å². The van der Waals surface area contributed by atoms with E-state index in [4.69, 9.17) is 16.9 Å². The van der Waals surface area contributed by atoms with Crippen LogP contribution in [0.4, 0.5) is 29.3 Å². The predicted octanol–water partition coefficient (Wildman–Crippen LogP) is 4.01. The molecule has 1 aliphatic heterocycles. The molecule has 0 radical (unpaired) electrons. The van der Waals surface area contributed by atoms with Crippen LogP contribution in [0.25, 0.3) is 0 Å². The molecule has 1 heterocycles. The number of alkyl halides is 3. The molecule has 1 aliphatic rings. The SMILES string of the molecule is CNC(=O)C1CN(C(=O)Nc2ccc(C)cc2Cl)CCN1c1ccc(C#N)c(C(F)(F)F)c1. The molecule has 0 saturated carbocycles. The Labute approximate surface area is 193 Å². The van der Waals surface area contributed by atoms with Gasteiger partial charge in [0.15, 0.2) is 0 Å². The van der Waals surface area contributed by atoms with E-state index in [1.54, 1.807) is 24.3 Å². The first kappa shape index (κ1) is 24.2. The number of nitrogens with zero attached hydrogens (tertiary/aromatic N) is 3. The highest BCUT2D eigenvalue weighted by atomic mass is 35.5. The molecule has 2 N–H and O–H groups in total. The Morgan fingerprint density at radius 1 is 1.18 bits per heavy atom. The highest BCUT2D eigenvalue weighted by molar-refractivity contribution is 6.33. The third-order valence-corrected chi connectivity index (χ3v) is 5.66. The van der Waals surface area contributed by atoms with Crippen molar-refractivity contribution in [3.8, 4) is 6.07 Å². The van der Waals surface area contributed by atoms with Crippen molar-refractivity contribution in [3.05, 3.63) is 58.1 Å². The van der Waals surface area contributed by atoms with Gasteiger partial charge in [0.1, 0.15) is 6.04 Å². The molecule has 0 aromatic heterocycles. The number of nitrogens with one attached hydrogen (secondary N) is 2. The standard InChI is InChI=1S/C22H21ClF3N5O2/c1-13-3-6-18(17(23)9-13)29-21(33)30-7-8-31(19(12-30)20(32)28-2)15-5-4-14(11-27)16(10-15)22(24,25)26/h3-6,9-10,19H,7-8,12H2,1-2H3,(H,28,32)(H,29,33). The second-order valence-corrected chi connectivity index (χ2v) is 7.93. The summed E-state index contributed by atoms with van der Waals surface area (Å²) in [7, 11) is 1.41. The number of amides is 3. The maximum absolute atomic E-state index is 13.4. The number of hydrogen-bond acceptors (Lipinski definition) is 4. The maximum atomic E-state index is 13.4. The van der Waals surface area contributed by atoms with E-state index < -0.39 is 35.3 Å². The van der Waals surface area contributed by atoms with Crippen LogP contribution < -0.4 is 15.5 Å². The summed E-state index contributed by atoms with van der Waals surface area (Å²) in [6, 6.07) is 8.58. The molecule has 1 atom stereocenters. The van der Waals surface area contributed by atoms with E-state index in [0.29, 0.717) is 10.7 Å². The van der Waals surface area contributed by atoms with E-state index in [-0.39, 0.29) is 25.3 Å². The molecule has 33 heavy (non-hydrogen) atoms. The highest BCUT2D eigenvalue weighted by Gasteiger charge is 2.37. The minimum atomic E-state index is -4.72. The van der Waals surface area contributed by atoms with Gasteiger partial charge >= 0.3 is 12.2 Å². The minimum Gasteiger partial charge on any atom is -0.357 e. The van der Waals surface area contributed by atoms with Crippen molar-refractivity contribution in [3.63, 3.8) is 0 Å². The summed E-state index contributed by atoms with van der Waals surface area (Å²) >= 11 is 6.17. The number of urea groups is 1. The van der Waals surface area contributed by atoms with Gasteiger partial charge in [-0.15, -0.1) is 0 Å². The summed E-state index contributed by atoms with van der Waals surface area (Å²) in [6.45, 7) is 2.06. The summed E-state index contributed by atoms with van der Waals surface area (Å²) < 4.78 is 40.2. The van der Waals surface area contributed by atoms with Crippen molar-refractivity contribution >= 4 is 34.9 Å². The Morgan fingerprint density at radius 3 is 2.52 bits per heavy atom. The van der Waals surface area contributed by atoms with E-state index in [1.807, 2.05) is 6.92 Å². The fourth-order valence-electron chi connectivity index (χ4n) is 3.63. The number of piperazine rings is 1. The van der Waals surface area contributed by atoms with Crippen LogP contribution in [0.15, 0.2) is 36.4 Å². The lowest BCUT2D eigenvalue weighted by atomic mass is 10.0. The number of benzene rings is 2. The monoisotopic (exact) mass is 479 g/mol. The average Bonchev–Trinajstić information content (AvgIpc) is 2.78. The number of halogens is 4. The zero-order chi connectivity index (χ0) is 24.3. The summed E-state index contributed by atoms with van der Waals surface area (Å²) in [6.07, 6.45) is -4.72. The van der Waals surface area contributed by atoms with Crippen LogP contribution in [0.3, 0.4) is 0 Å². The topological polar surface area (TPSA) is 88.5 Å². The van der Waals surface area contributed by atoms with E-state index in [9.17, 15) is 22.8 Å². The number of nitriles is 1. The van der Waals surface area contributed by atoms with Crippen molar-refractivity contribution in [2.24, 2.45) is 0 Å². The maximum Gasteiger partial charge on any atom is 0.417 e. The van der Waals surface area contributed by atoms with Gasteiger partial charge in [-0.25, -0.2) is 4.79 Å². The Hall–Kier alpha value is -3.45. The third-order valence-electron chi connectivity index (χ3n) is 5.34. The predicted molar refractivity (Wildman–Crippen MR) is 118 cm³/mol. The number of likely N-dealkylation sites (N-methyl/N-ethyl adjacent to an activating group) is 1. The van der Waals surface area contributed by atoms with Gasteiger partial charge in [-0.3, -0.25) is 4.79 Å². The normalized spacial score (nSPS) is 16.2. The highest BCUT2D eigenvalue weighted by Crippen LogP contribution is 2.35. The fourth-order valence-corrected chi connectivity index (χ4v) is 3.91. The van der Waals surface area contributed by atoms with Gasteiger partial charge in [0, 0.05) is 25.8 Å². The second kappa shape index (κ2) is 9.58. The number of carbonyl (C=O) groups excluding carboxylic acids is 2. The molecule has 1 fully saturated rings. The third kappa shape index (κ3) is 5.31. The lowest BCUT2D eigenvalue weighted by Crippen LogP contribution is -2.60. The van der Waals surface area contributed by atoms with Gasteiger partial charge in [0.25, 0.3) is 0 Å². The molecule has 0 aliphatic carbocycles. The summed E-state index contributed by atoms with van der Waals surface area (Å²) in [5, 5.41) is 14.6. The van der Waals surface area contributed by atoms with Crippen LogP contribution >= 0.6 is 11.6 Å². The van der Waals surface area contributed by atoms with Crippen LogP contribution in [-0.4, -0.2) is 49.6 Å². The second-order valence-electron chi connectivity index (χ2n) is 7.52. The van der Waals surface area contributed by atoms with Gasteiger partial charge in [-0.1, -0.05) is 17.7 Å². The Kier molecular flexibility index (Phi) is 7.03. The molecule has 11 heteroatoms. The summed E-state index contributed by atoms with van der Waals surface area (Å²) in [5.74, 6) is -0.459. The molecular formula is C22H21ClF3N5O2. The molecule has 1 saturated heterocycles. The summed E-state index contributed by atoms with van der Waals surface area (Å²) in [5.41, 5.74) is -0.111. The minimum absolute atomic E-state index is 0.0592. The molecule has 3 rings (SSSR count). The summed E-state index contributed by atoms with van der Waals surface area (Å²) in [4.78, 5) is 28.3. The first-order chi connectivity index (χ1) is 15.5. The number of rotatable bonds is 3. The molecule has 0 spiro atoms. The Morgan fingerprint density at radius 2 is 1.91 bits per heavy atom. The molecule has 7 nitrogen and oxygen atoms in total. The van der Waals surface area contributed by atoms with Crippen LogP contribution in [-0.2, 0) is 11.0 Å². The van der Waals surface area contributed by atoms with Crippen LogP contribution in [0.1, 0.15) is 16.7 Å². The van der Waals surface area contributed by atoms with Gasteiger partial charge < -0.3 is 20.4 Å². The lowest BCUT2D eigenvalue weighted by Gasteiger charge is -2.41. The van der Waals surface area contributed by atoms with Gasteiger partial charge in [0.05, 0.1) is 34.5 Å². The Balaban J connectivity index is 1.85. The van der Waals surface area contributed by atoms with Gasteiger partial charge in [0.2, 0.25) is 5.91 Å². The van der Waals surface area contributed by atoms with Crippen molar-refractivity contribution in [1.82, 2.24) is 10.2 Å². The molecule has 0 bridgehead atoms. The first-order valence-corrected chi connectivity index (χ1v) is 10.3. The lowest BCUT2D eigenvalue weighted by molar-refractivity contribution is -0.137. The average molecular weight is 480 g/mol. The van der Waals surface area contributed by atoms with Crippen LogP contribution in [0.5, 0.6) is 0 Å². The van der Waals surface area contributed by atoms with Gasteiger partial charge in [-0.05, 0) is 42.8 Å². The molecule has 1 unspecified atom stereocenters. The molecular weight excluding hydrogens is 459 g/mol. The molecule has 2 aromatic rings.